The van der Waals surface area contributed by atoms with Gasteiger partial charge in [-0.05, 0) is 44.5 Å². The summed E-state index contributed by atoms with van der Waals surface area (Å²) in [5.74, 6) is 0.0860. The second-order valence-electron chi connectivity index (χ2n) is 8.00. The van der Waals surface area contributed by atoms with Crippen molar-refractivity contribution in [3.63, 3.8) is 0 Å². The highest BCUT2D eigenvalue weighted by Crippen LogP contribution is 2.38. The minimum Gasteiger partial charge on any atom is -0.493 e. The Balaban J connectivity index is 1.80. The number of ether oxygens (including phenoxy) is 1. The van der Waals surface area contributed by atoms with Crippen LogP contribution >= 0.6 is 11.6 Å². The van der Waals surface area contributed by atoms with Crippen LogP contribution in [-0.4, -0.2) is 43.0 Å². The summed E-state index contributed by atoms with van der Waals surface area (Å²) in [6.45, 7) is 5.75. The topological polar surface area (TPSA) is 76.0 Å². The van der Waals surface area contributed by atoms with Crippen LogP contribution in [0.5, 0.6) is 5.75 Å². The van der Waals surface area contributed by atoms with Gasteiger partial charge >= 0.3 is 0 Å². The van der Waals surface area contributed by atoms with E-state index in [1.165, 1.54) is 0 Å². The second-order valence-corrected chi connectivity index (χ2v) is 10.3. The lowest BCUT2D eigenvalue weighted by Crippen LogP contribution is -2.45. The summed E-state index contributed by atoms with van der Waals surface area (Å²) < 4.78 is 33.1. The van der Waals surface area contributed by atoms with Gasteiger partial charge in [0.1, 0.15) is 11.5 Å². The van der Waals surface area contributed by atoms with Gasteiger partial charge in [0.05, 0.1) is 12.1 Å². The van der Waals surface area contributed by atoms with Crippen LogP contribution in [0.25, 0.3) is 0 Å². The maximum atomic E-state index is 13.3. The van der Waals surface area contributed by atoms with Crippen molar-refractivity contribution in [3.05, 3.63) is 65.2 Å². The Bertz CT molecular complexity index is 1050. The summed E-state index contributed by atoms with van der Waals surface area (Å²) in [6.07, 6.45) is 0.528. The van der Waals surface area contributed by atoms with Gasteiger partial charge < -0.3 is 4.74 Å². The van der Waals surface area contributed by atoms with E-state index in [1.54, 1.807) is 75.4 Å². The Morgan fingerprint density at radius 3 is 2.43 bits per heavy atom. The Kier molecular flexibility index (Phi) is 6.53. The van der Waals surface area contributed by atoms with Crippen LogP contribution in [0.1, 0.15) is 38.0 Å². The number of carbonyl (C=O) groups is 1. The lowest BCUT2D eigenvalue weighted by atomic mass is 10.1. The van der Waals surface area contributed by atoms with E-state index in [0.717, 1.165) is 4.31 Å². The summed E-state index contributed by atoms with van der Waals surface area (Å²) in [7, 11) is -3.92. The normalized spacial score (nSPS) is 20.0. The first-order valence-electron chi connectivity index (χ1n) is 9.68. The summed E-state index contributed by atoms with van der Waals surface area (Å²) >= 11 is 5.94. The van der Waals surface area contributed by atoms with E-state index in [0.29, 0.717) is 29.4 Å². The smallest absolute Gasteiger partial charge is 0.283 e. The molecule has 160 valence electrons. The molecule has 2 aromatic rings. The van der Waals surface area contributed by atoms with Gasteiger partial charge in [-0.15, -0.1) is 0 Å². The van der Waals surface area contributed by atoms with E-state index < -0.39 is 26.7 Å². The largest absolute Gasteiger partial charge is 0.493 e. The fourth-order valence-electron chi connectivity index (χ4n) is 3.38. The number of nitrogens with zero attached hydrogens (tertiary/aromatic N) is 2. The number of amides is 1. The molecule has 1 saturated heterocycles. The van der Waals surface area contributed by atoms with E-state index in [1.807, 2.05) is 0 Å². The highest BCUT2D eigenvalue weighted by molar-refractivity contribution is 7.91. The Labute approximate surface area is 182 Å². The summed E-state index contributed by atoms with van der Waals surface area (Å²) in [4.78, 5) is 17.5. The summed E-state index contributed by atoms with van der Waals surface area (Å²) in [5, 5.41) is -0.512. The van der Waals surface area contributed by atoms with Gasteiger partial charge in [-0.3, -0.25) is 9.79 Å². The number of sulfonamides is 1. The lowest BCUT2D eigenvalue weighted by Gasteiger charge is -2.30. The molecule has 6 nitrogen and oxygen atoms in total. The molecule has 1 atom stereocenters. The Morgan fingerprint density at radius 1 is 1.10 bits per heavy atom. The van der Waals surface area contributed by atoms with Crippen molar-refractivity contribution in [1.29, 1.82) is 0 Å². The van der Waals surface area contributed by atoms with E-state index in [-0.39, 0.29) is 12.3 Å². The van der Waals surface area contributed by atoms with Gasteiger partial charge in [0.2, 0.25) is 0 Å². The maximum absolute atomic E-state index is 13.3. The number of rotatable bonds is 6. The number of benzene rings is 2. The van der Waals surface area contributed by atoms with Crippen molar-refractivity contribution in [3.8, 4) is 5.75 Å². The first-order valence-corrected chi connectivity index (χ1v) is 11.6. The average Bonchev–Trinajstić information content (AvgIpc) is 2.87. The first-order chi connectivity index (χ1) is 14.1. The predicted molar refractivity (Wildman–Crippen MR) is 119 cm³/mol. The third-order valence-electron chi connectivity index (χ3n) is 4.57. The van der Waals surface area contributed by atoms with Crippen molar-refractivity contribution >= 4 is 33.2 Å². The molecule has 1 aliphatic heterocycles. The van der Waals surface area contributed by atoms with Crippen LogP contribution in [0, 0.1) is 0 Å². The number of aliphatic imine (C=N–C) groups is 1. The molecule has 2 aromatic carbocycles. The number of hydrogen-bond acceptors (Lipinski definition) is 5. The molecule has 1 unspecified atom stereocenters. The highest BCUT2D eigenvalue weighted by Gasteiger charge is 2.54. The molecule has 1 aliphatic rings. The van der Waals surface area contributed by atoms with Crippen LogP contribution < -0.4 is 4.74 Å². The van der Waals surface area contributed by atoms with Crippen LogP contribution in [0.2, 0.25) is 5.02 Å². The molecular weight excluding hydrogens is 424 g/mol. The quantitative estimate of drug-likeness (QED) is 0.618. The first kappa shape index (κ1) is 22.3. The van der Waals surface area contributed by atoms with Crippen molar-refractivity contribution in [2.45, 2.75) is 38.0 Å². The van der Waals surface area contributed by atoms with Crippen LogP contribution in [0.4, 0.5) is 0 Å². The van der Waals surface area contributed by atoms with E-state index in [4.69, 9.17) is 16.3 Å². The molecular formula is C22H25ClN2O4S. The molecule has 0 radical (unpaired) electrons. The zero-order valence-electron chi connectivity index (χ0n) is 17.2. The molecule has 0 saturated carbocycles. The van der Waals surface area contributed by atoms with Gasteiger partial charge in [-0.1, -0.05) is 48.0 Å². The Hall–Kier alpha value is -2.38. The molecule has 30 heavy (non-hydrogen) atoms. The molecule has 0 aromatic heterocycles. The summed E-state index contributed by atoms with van der Waals surface area (Å²) in [5.41, 5.74) is -0.291. The number of carbonyl (C=O) groups excluding carboxylic acids is 1. The molecule has 0 aliphatic carbocycles. The van der Waals surface area contributed by atoms with Gasteiger partial charge in [0.25, 0.3) is 15.9 Å². The third-order valence-corrected chi connectivity index (χ3v) is 7.11. The van der Waals surface area contributed by atoms with E-state index in [2.05, 4.69) is 4.99 Å². The molecule has 1 amide bonds. The van der Waals surface area contributed by atoms with Crippen LogP contribution in [0.15, 0.2) is 59.6 Å². The van der Waals surface area contributed by atoms with Crippen molar-refractivity contribution in [2.75, 3.05) is 13.2 Å². The van der Waals surface area contributed by atoms with Gasteiger partial charge in [-0.2, -0.15) is 0 Å². The van der Waals surface area contributed by atoms with Crippen LogP contribution in [0.3, 0.4) is 0 Å². The lowest BCUT2D eigenvalue weighted by molar-refractivity contribution is -0.122. The van der Waals surface area contributed by atoms with Crippen molar-refractivity contribution in [1.82, 2.24) is 4.31 Å². The minimum atomic E-state index is -3.92. The Morgan fingerprint density at radius 2 is 1.80 bits per heavy atom. The molecule has 8 heteroatoms. The van der Waals surface area contributed by atoms with Gasteiger partial charge in [-0.25, -0.2) is 12.7 Å². The molecule has 1 heterocycles. The summed E-state index contributed by atoms with van der Waals surface area (Å²) in [6, 6.07) is 15.8. The average molecular weight is 449 g/mol. The van der Waals surface area contributed by atoms with Crippen molar-refractivity contribution < 1.29 is 17.9 Å². The number of halogens is 1. The zero-order valence-corrected chi connectivity index (χ0v) is 18.8. The van der Waals surface area contributed by atoms with Crippen molar-refractivity contribution in [2.24, 2.45) is 4.99 Å². The molecule has 1 fully saturated rings. The maximum Gasteiger partial charge on any atom is 0.283 e. The predicted octanol–water partition coefficient (Wildman–Crippen LogP) is 4.26. The fraction of sp³-hybridized carbons (Fsp3) is 0.364. The molecule has 0 spiro atoms. The third kappa shape index (κ3) is 4.68. The monoisotopic (exact) mass is 448 g/mol. The molecule has 3 rings (SSSR count). The SMILES string of the molecule is CC(C)(C)N1C(=O)C(=NCCCOc2cccc(Cl)c2)C(c2ccccc2)S1(=O)=O. The highest BCUT2D eigenvalue weighted by atomic mass is 35.5. The van der Waals surface area contributed by atoms with E-state index >= 15 is 0 Å². The second kappa shape index (κ2) is 8.78. The van der Waals surface area contributed by atoms with E-state index in [9.17, 15) is 13.2 Å². The zero-order chi connectivity index (χ0) is 21.9. The number of hydrogen-bond donors (Lipinski definition) is 0. The van der Waals surface area contributed by atoms with Crippen LogP contribution in [-0.2, 0) is 14.8 Å². The minimum absolute atomic E-state index is 0.0545. The fourth-order valence-corrected chi connectivity index (χ4v) is 5.82. The molecule has 0 N–H and O–H groups in total. The van der Waals surface area contributed by atoms with Gasteiger partial charge in [0.15, 0.2) is 5.25 Å². The molecule has 0 bridgehead atoms. The van der Waals surface area contributed by atoms with Gasteiger partial charge in [0, 0.05) is 18.0 Å². The standard InChI is InChI=1S/C22H25ClN2O4S/c1-22(2,3)25-21(26)19(20(30(25,27)28)16-9-5-4-6-10-16)24-13-8-14-29-18-12-7-11-17(23)15-18/h4-7,9-12,15,20H,8,13-14H2,1-3H3.